The van der Waals surface area contributed by atoms with Crippen LogP contribution in [-0.4, -0.2) is 36.1 Å². The smallest absolute Gasteiger partial charge is 0.229 e. The van der Waals surface area contributed by atoms with Gasteiger partial charge in [-0.1, -0.05) is 49.3 Å². The summed E-state index contributed by atoms with van der Waals surface area (Å²) in [5.74, 6) is 6.65. The van der Waals surface area contributed by atoms with Gasteiger partial charge in [-0.15, -0.1) is 0 Å². The molecule has 31 heavy (non-hydrogen) atoms. The van der Waals surface area contributed by atoms with Gasteiger partial charge in [0.2, 0.25) is 6.93 Å². The molecule has 0 spiro atoms. The van der Waals surface area contributed by atoms with Crippen LogP contribution in [0.2, 0.25) is 0 Å². The minimum atomic E-state index is -1.75. The second kappa shape index (κ2) is 11.1. The van der Waals surface area contributed by atoms with E-state index in [1.54, 1.807) is 0 Å². The maximum atomic E-state index is 14.9. The van der Waals surface area contributed by atoms with Gasteiger partial charge in [-0.3, -0.25) is 0 Å². The van der Waals surface area contributed by atoms with Crippen molar-refractivity contribution in [1.82, 2.24) is 4.90 Å². The zero-order valence-corrected chi connectivity index (χ0v) is 17.8. The summed E-state index contributed by atoms with van der Waals surface area (Å²) in [4.78, 5) is 2.11. The van der Waals surface area contributed by atoms with Crippen molar-refractivity contribution < 1.29 is 18.3 Å². The normalized spacial score (nSPS) is 18.2. The Balaban J connectivity index is 0.000000858. The lowest BCUT2D eigenvalue weighted by molar-refractivity contribution is 0.184. The van der Waals surface area contributed by atoms with Crippen LogP contribution < -0.4 is 0 Å². The average Bonchev–Trinajstić information content (AvgIpc) is 3.52. The summed E-state index contributed by atoms with van der Waals surface area (Å²) in [5, 5.41) is 9.78. The first-order valence-electron chi connectivity index (χ1n) is 10.7. The quantitative estimate of drug-likeness (QED) is 0.608. The molecule has 5 heteroatoms. The lowest BCUT2D eigenvalue weighted by Crippen LogP contribution is -2.20. The largest absolute Gasteiger partial charge is 0.391 e. The fourth-order valence-electron chi connectivity index (χ4n) is 3.85. The van der Waals surface area contributed by atoms with E-state index in [-0.39, 0.29) is 11.9 Å². The molecule has 0 radical (unpaired) electrons. The van der Waals surface area contributed by atoms with E-state index < -0.39 is 6.93 Å². The minimum Gasteiger partial charge on any atom is -0.391 e. The number of hydrogen-bond donors (Lipinski definition) is 1. The Labute approximate surface area is 182 Å². The molecule has 1 aliphatic heterocycles. The average molecular weight is 428 g/mol. The number of aliphatic hydroxyl groups excluding tert-OH is 1. The van der Waals surface area contributed by atoms with Crippen molar-refractivity contribution in [2.24, 2.45) is 0 Å². The molecule has 2 aromatic carbocycles. The van der Waals surface area contributed by atoms with Crippen LogP contribution >= 0.6 is 0 Å². The van der Waals surface area contributed by atoms with Crippen LogP contribution in [0, 0.1) is 17.7 Å². The number of β-amino-alcohol motifs (C(OH)–C–C–N with tert-alkyl or cyclic N) is 1. The number of benzene rings is 2. The van der Waals surface area contributed by atoms with E-state index in [4.69, 9.17) is 0 Å². The third-order valence-corrected chi connectivity index (χ3v) is 5.47. The Morgan fingerprint density at radius 3 is 2.48 bits per heavy atom. The van der Waals surface area contributed by atoms with Crippen LogP contribution in [-0.2, 0) is 0 Å². The Kier molecular flexibility index (Phi) is 8.20. The van der Waals surface area contributed by atoms with Gasteiger partial charge >= 0.3 is 0 Å². The third-order valence-electron chi connectivity index (χ3n) is 5.47. The van der Waals surface area contributed by atoms with E-state index in [2.05, 4.69) is 35.8 Å². The number of rotatable bonds is 4. The van der Waals surface area contributed by atoms with E-state index in [1.807, 2.05) is 30.3 Å². The van der Waals surface area contributed by atoms with E-state index in [9.17, 15) is 18.3 Å². The molecule has 1 saturated heterocycles. The molecule has 164 valence electrons. The van der Waals surface area contributed by atoms with Gasteiger partial charge in [-0.25, -0.2) is 13.2 Å². The number of alkyl halides is 2. The fraction of sp³-hybridized carbons (Fsp3) is 0.385. The Morgan fingerprint density at radius 2 is 1.87 bits per heavy atom. The van der Waals surface area contributed by atoms with Gasteiger partial charge in [0.05, 0.1) is 11.8 Å². The Morgan fingerprint density at radius 1 is 1.13 bits per heavy atom. The van der Waals surface area contributed by atoms with Crippen LogP contribution in [0.15, 0.2) is 54.2 Å². The zero-order valence-electron chi connectivity index (χ0n) is 17.8. The maximum absolute atomic E-state index is 14.9. The number of aliphatic hydroxyl groups is 1. The molecule has 2 fully saturated rings. The molecule has 1 heterocycles. The highest BCUT2D eigenvalue weighted by molar-refractivity contribution is 5.70. The molecule has 1 saturated carbocycles. The molecule has 2 aromatic rings. The molecular weight excluding hydrogens is 399 g/mol. The van der Waals surface area contributed by atoms with E-state index in [1.165, 1.54) is 24.5 Å². The fourth-order valence-corrected chi connectivity index (χ4v) is 3.85. The van der Waals surface area contributed by atoms with Crippen molar-refractivity contribution >= 4 is 0 Å². The molecule has 1 unspecified atom stereocenters. The summed E-state index contributed by atoms with van der Waals surface area (Å²) in [6.45, 7) is 1.75. The first-order valence-corrected chi connectivity index (χ1v) is 10.7. The van der Waals surface area contributed by atoms with Crippen LogP contribution in [0.3, 0.4) is 0 Å². The molecular formula is C26H28F3NO. The van der Waals surface area contributed by atoms with Crippen molar-refractivity contribution in [3.8, 4) is 23.0 Å². The van der Waals surface area contributed by atoms with Gasteiger partial charge in [0, 0.05) is 24.2 Å². The van der Waals surface area contributed by atoms with Crippen molar-refractivity contribution in [3.63, 3.8) is 0 Å². The lowest BCUT2D eigenvalue weighted by atomic mass is 9.95. The van der Waals surface area contributed by atoms with Crippen molar-refractivity contribution in [1.29, 1.82) is 0 Å². The second-order valence-electron chi connectivity index (χ2n) is 7.79. The number of halogens is 3. The molecule has 0 aromatic heterocycles. The zero-order chi connectivity index (χ0) is 22.2. The maximum Gasteiger partial charge on any atom is 0.229 e. The molecule has 1 aliphatic carbocycles. The van der Waals surface area contributed by atoms with Gasteiger partial charge in [0.25, 0.3) is 0 Å². The molecule has 2 aliphatic rings. The van der Waals surface area contributed by atoms with Gasteiger partial charge in [0.15, 0.2) is 0 Å². The summed E-state index contributed by atoms with van der Waals surface area (Å²) >= 11 is 0. The number of allylic oxidation sites excluding steroid dienone is 2. The monoisotopic (exact) mass is 427 g/mol. The van der Waals surface area contributed by atoms with Crippen LogP contribution in [0.1, 0.15) is 49.7 Å². The molecule has 0 amide bonds. The summed E-state index contributed by atoms with van der Waals surface area (Å²) in [6.07, 6.45) is 5.82. The minimum absolute atomic E-state index is 0.225. The van der Waals surface area contributed by atoms with Gasteiger partial charge in [-0.05, 0) is 60.8 Å². The highest BCUT2D eigenvalue weighted by Gasteiger charge is 2.26. The predicted molar refractivity (Wildman–Crippen MR) is 118 cm³/mol. The molecule has 0 bridgehead atoms. The highest BCUT2D eigenvalue weighted by Crippen LogP contribution is 2.44. The van der Waals surface area contributed by atoms with Crippen LogP contribution in [0.25, 0.3) is 11.1 Å². The SMILES string of the molecule is CCC=C(C#Cc1ccc(-c2ccccc2C2CC2)c(F)c1)N1CCC(O)C1.FCF. The molecule has 1 atom stereocenters. The van der Waals surface area contributed by atoms with Gasteiger partial charge in [0.1, 0.15) is 5.82 Å². The van der Waals surface area contributed by atoms with Crippen molar-refractivity contribution in [2.75, 3.05) is 20.0 Å². The van der Waals surface area contributed by atoms with E-state index in [0.29, 0.717) is 23.6 Å². The second-order valence-corrected chi connectivity index (χ2v) is 7.79. The van der Waals surface area contributed by atoms with Crippen molar-refractivity contribution in [2.45, 2.75) is 44.6 Å². The number of nitrogens with zero attached hydrogens (tertiary/aromatic N) is 1. The summed E-state index contributed by atoms with van der Waals surface area (Å²) in [6, 6.07) is 13.4. The van der Waals surface area contributed by atoms with Crippen LogP contribution in [0.5, 0.6) is 0 Å². The lowest BCUT2D eigenvalue weighted by Gasteiger charge is -2.17. The summed E-state index contributed by atoms with van der Waals surface area (Å²) in [5.41, 5.74) is 4.50. The van der Waals surface area contributed by atoms with E-state index >= 15 is 0 Å². The first kappa shape index (κ1) is 23.0. The van der Waals surface area contributed by atoms with E-state index in [0.717, 1.165) is 30.6 Å². The summed E-state index contributed by atoms with van der Waals surface area (Å²) < 4.78 is 34.1. The first-order chi connectivity index (χ1) is 15.1. The summed E-state index contributed by atoms with van der Waals surface area (Å²) in [7, 11) is 0. The Hall–Kier alpha value is -2.71. The Bertz CT molecular complexity index is 972. The topological polar surface area (TPSA) is 23.5 Å². The van der Waals surface area contributed by atoms with Crippen LogP contribution in [0.4, 0.5) is 13.2 Å². The van der Waals surface area contributed by atoms with Gasteiger partial charge in [-0.2, -0.15) is 0 Å². The van der Waals surface area contributed by atoms with Crippen molar-refractivity contribution in [3.05, 3.63) is 71.2 Å². The molecule has 2 nitrogen and oxygen atoms in total. The van der Waals surface area contributed by atoms with Gasteiger partial charge < -0.3 is 10.0 Å². The standard InChI is InChI=1S/C25H26FNO.CH2F2/c1-2-5-20(27-15-14-21(28)17-27)12-8-18-9-13-24(25(26)16-18)23-7-4-3-6-22(23)19-10-11-19;2-1-3/h3-7,9,13,16,19,21,28H,2,10-11,14-15,17H2,1H3;1H2. The number of likely N-dealkylation sites (tertiary alicyclic amines) is 1. The molecule has 4 rings (SSSR count). The third kappa shape index (κ3) is 6.15. The highest BCUT2D eigenvalue weighted by atomic mass is 19.3. The number of hydrogen-bond acceptors (Lipinski definition) is 2. The molecule has 1 N–H and O–H groups in total. The predicted octanol–water partition coefficient (Wildman–Crippen LogP) is 5.97.